The molecule has 1 heterocycles. The second kappa shape index (κ2) is 5.46. The second-order valence-electron chi connectivity index (χ2n) is 3.61. The van der Waals surface area contributed by atoms with Gasteiger partial charge in [-0.3, -0.25) is 0 Å². The van der Waals surface area contributed by atoms with Crippen LogP contribution >= 0.6 is 15.9 Å². The molecule has 0 amide bonds. The molecule has 0 fully saturated rings. The molecular formula is C12H5BrF3N3O. The molecule has 0 unspecified atom stereocenters. The number of aromatic nitrogens is 2. The zero-order valence-electron chi connectivity index (χ0n) is 9.65. The van der Waals surface area contributed by atoms with Crippen molar-refractivity contribution in [3.8, 4) is 17.8 Å². The van der Waals surface area contributed by atoms with Gasteiger partial charge in [0.05, 0.1) is 21.7 Å². The molecule has 0 aliphatic carbocycles. The predicted molar refractivity (Wildman–Crippen MR) is 66.0 cm³/mol. The van der Waals surface area contributed by atoms with E-state index in [1.807, 2.05) is 0 Å². The highest BCUT2D eigenvalue weighted by molar-refractivity contribution is 9.10. The first-order chi connectivity index (χ1) is 9.40. The van der Waals surface area contributed by atoms with Crippen molar-refractivity contribution >= 4 is 15.9 Å². The first-order valence-electron chi connectivity index (χ1n) is 5.17. The molecule has 8 heteroatoms. The Morgan fingerprint density at radius 3 is 2.40 bits per heavy atom. The lowest BCUT2D eigenvalue weighted by molar-refractivity contribution is -0.138. The van der Waals surface area contributed by atoms with Gasteiger partial charge in [-0.15, -0.1) is 0 Å². The monoisotopic (exact) mass is 343 g/mol. The van der Waals surface area contributed by atoms with Crippen LogP contribution in [-0.2, 0) is 6.18 Å². The minimum absolute atomic E-state index is 0.110. The Balaban J connectivity index is 2.41. The van der Waals surface area contributed by atoms with Crippen LogP contribution in [0.2, 0.25) is 0 Å². The molecule has 0 atom stereocenters. The summed E-state index contributed by atoms with van der Waals surface area (Å²) < 4.78 is 44.3. The third-order valence-corrected chi connectivity index (χ3v) is 2.62. The minimum Gasteiger partial charge on any atom is -0.424 e. The van der Waals surface area contributed by atoms with Crippen molar-refractivity contribution < 1.29 is 17.9 Å². The Kier molecular flexibility index (Phi) is 3.90. The lowest BCUT2D eigenvalue weighted by Gasteiger charge is -2.12. The summed E-state index contributed by atoms with van der Waals surface area (Å²) in [4.78, 5) is 7.45. The number of hydrogen-bond donors (Lipinski definition) is 0. The average Bonchev–Trinajstić information content (AvgIpc) is 2.40. The van der Waals surface area contributed by atoms with Crippen molar-refractivity contribution in [1.82, 2.24) is 9.97 Å². The van der Waals surface area contributed by atoms with Crippen molar-refractivity contribution in [2.75, 3.05) is 0 Å². The Hall–Kier alpha value is -2.14. The van der Waals surface area contributed by atoms with Gasteiger partial charge in [0.25, 0.3) is 0 Å². The molecule has 102 valence electrons. The van der Waals surface area contributed by atoms with Crippen molar-refractivity contribution in [2.45, 2.75) is 6.18 Å². The fraction of sp³-hybridized carbons (Fsp3) is 0.0833. The molecule has 0 aliphatic heterocycles. The predicted octanol–water partition coefficient (Wildman–Crippen LogP) is 3.92. The van der Waals surface area contributed by atoms with Gasteiger partial charge in [-0.2, -0.15) is 18.4 Å². The number of nitrogens with zero attached hydrogens (tertiary/aromatic N) is 3. The molecule has 0 spiro atoms. The molecule has 0 radical (unpaired) electrons. The average molecular weight is 344 g/mol. The van der Waals surface area contributed by atoms with E-state index in [-0.39, 0.29) is 11.6 Å². The molecule has 1 aromatic heterocycles. The summed E-state index contributed by atoms with van der Waals surface area (Å²) in [6, 6.07) is 4.43. The highest BCUT2D eigenvalue weighted by atomic mass is 79.9. The van der Waals surface area contributed by atoms with Crippen LogP contribution < -0.4 is 4.74 Å². The van der Waals surface area contributed by atoms with Crippen molar-refractivity contribution in [1.29, 1.82) is 5.26 Å². The standard InChI is InChI=1S/C12H5BrF3N3O/c13-8-5-18-11(19-6-8)20-10-2-1-7(4-17)3-9(10)12(14,15)16/h1-3,5-6H. The Labute approximate surface area is 120 Å². The van der Waals surface area contributed by atoms with Crippen LogP contribution in [0.1, 0.15) is 11.1 Å². The maximum atomic E-state index is 12.9. The minimum atomic E-state index is -4.64. The maximum absolute atomic E-state index is 12.9. The normalized spacial score (nSPS) is 10.9. The number of hydrogen-bond acceptors (Lipinski definition) is 4. The fourth-order valence-electron chi connectivity index (χ4n) is 1.36. The smallest absolute Gasteiger partial charge is 0.420 e. The molecular weight excluding hydrogens is 339 g/mol. The van der Waals surface area contributed by atoms with Crippen molar-refractivity contribution in [3.63, 3.8) is 0 Å². The molecule has 0 bridgehead atoms. The van der Waals surface area contributed by atoms with Crippen LogP contribution in [0.25, 0.3) is 0 Å². The number of rotatable bonds is 2. The quantitative estimate of drug-likeness (QED) is 0.829. The summed E-state index contributed by atoms with van der Waals surface area (Å²) in [6.07, 6.45) is -1.95. The van der Waals surface area contributed by atoms with Gasteiger partial charge >= 0.3 is 12.2 Å². The molecule has 20 heavy (non-hydrogen) atoms. The number of benzene rings is 1. The van der Waals surface area contributed by atoms with E-state index in [1.54, 1.807) is 6.07 Å². The maximum Gasteiger partial charge on any atom is 0.420 e. The van der Waals surface area contributed by atoms with E-state index >= 15 is 0 Å². The topological polar surface area (TPSA) is 58.8 Å². The fourth-order valence-corrected chi connectivity index (χ4v) is 1.57. The summed E-state index contributed by atoms with van der Waals surface area (Å²) in [5.74, 6) is -0.459. The van der Waals surface area contributed by atoms with E-state index in [9.17, 15) is 13.2 Å². The van der Waals surface area contributed by atoms with Crippen LogP contribution in [0.15, 0.2) is 35.1 Å². The number of nitriles is 1. The number of ether oxygens (including phenoxy) is 1. The van der Waals surface area contributed by atoms with Crippen LogP contribution in [0.3, 0.4) is 0 Å². The van der Waals surface area contributed by atoms with Gasteiger partial charge in [0.1, 0.15) is 5.75 Å². The van der Waals surface area contributed by atoms with Gasteiger partial charge in [0, 0.05) is 12.4 Å². The third kappa shape index (κ3) is 3.24. The van der Waals surface area contributed by atoms with Crippen LogP contribution in [0, 0.1) is 11.3 Å². The highest BCUT2D eigenvalue weighted by Crippen LogP contribution is 2.38. The van der Waals surface area contributed by atoms with E-state index in [4.69, 9.17) is 10.00 Å². The van der Waals surface area contributed by atoms with Gasteiger partial charge < -0.3 is 4.74 Å². The molecule has 0 saturated heterocycles. The van der Waals surface area contributed by atoms with E-state index in [1.165, 1.54) is 18.5 Å². The van der Waals surface area contributed by atoms with Gasteiger partial charge in [-0.25, -0.2) is 9.97 Å². The molecule has 4 nitrogen and oxygen atoms in total. The Morgan fingerprint density at radius 2 is 1.85 bits per heavy atom. The van der Waals surface area contributed by atoms with E-state index in [0.717, 1.165) is 6.07 Å². The summed E-state index contributed by atoms with van der Waals surface area (Å²) >= 11 is 3.10. The largest absolute Gasteiger partial charge is 0.424 e. The summed E-state index contributed by atoms with van der Waals surface area (Å²) in [7, 11) is 0. The lowest BCUT2D eigenvalue weighted by atomic mass is 10.1. The number of alkyl halides is 3. The van der Waals surface area contributed by atoms with Crippen LogP contribution in [0.5, 0.6) is 11.8 Å². The van der Waals surface area contributed by atoms with Crippen LogP contribution in [-0.4, -0.2) is 9.97 Å². The molecule has 0 saturated carbocycles. The first-order valence-corrected chi connectivity index (χ1v) is 5.96. The van der Waals surface area contributed by atoms with Gasteiger partial charge in [-0.05, 0) is 34.1 Å². The molecule has 0 aliphatic rings. The Bertz CT molecular complexity index is 665. The SMILES string of the molecule is N#Cc1ccc(Oc2ncc(Br)cn2)c(C(F)(F)F)c1. The van der Waals surface area contributed by atoms with E-state index in [0.29, 0.717) is 10.5 Å². The molecule has 0 N–H and O–H groups in total. The number of halogens is 4. The summed E-state index contributed by atoms with van der Waals surface area (Å²) in [6.45, 7) is 0. The summed E-state index contributed by atoms with van der Waals surface area (Å²) in [5, 5.41) is 8.65. The Morgan fingerprint density at radius 1 is 1.20 bits per heavy atom. The molecule has 2 rings (SSSR count). The second-order valence-corrected chi connectivity index (χ2v) is 4.52. The van der Waals surface area contributed by atoms with Gasteiger partial charge in [-0.1, -0.05) is 0 Å². The third-order valence-electron chi connectivity index (χ3n) is 2.21. The summed E-state index contributed by atoms with van der Waals surface area (Å²) in [5.41, 5.74) is -1.16. The highest BCUT2D eigenvalue weighted by Gasteiger charge is 2.35. The first kappa shape index (κ1) is 14.3. The van der Waals surface area contributed by atoms with Gasteiger partial charge in [0.15, 0.2) is 0 Å². The van der Waals surface area contributed by atoms with Gasteiger partial charge in [0.2, 0.25) is 0 Å². The van der Waals surface area contributed by atoms with Crippen molar-refractivity contribution in [2.24, 2.45) is 0 Å². The molecule has 1 aromatic carbocycles. The van der Waals surface area contributed by atoms with E-state index < -0.39 is 17.5 Å². The zero-order valence-corrected chi connectivity index (χ0v) is 11.2. The lowest BCUT2D eigenvalue weighted by Crippen LogP contribution is -2.08. The zero-order chi connectivity index (χ0) is 14.8. The molecule has 2 aromatic rings. The van der Waals surface area contributed by atoms with Crippen LogP contribution in [0.4, 0.5) is 13.2 Å². The van der Waals surface area contributed by atoms with E-state index in [2.05, 4.69) is 25.9 Å². The van der Waals surface area contributed by atoms with Crippen molar-refractivity contribution in [3.05, 3.63) is 46.2 Å².